The molecule has 2 aliphatic rings. The van der Waals surface area contributed by atoms with Crippen molar-refractivity contribution in [2.75, 3.05) is 27.2 Å². The van der Waals surface area contributed by atoms with Gasteiger partial charge in [-0.2, -0.15) is 0 Å². The Morgan fingerprint density at radius 3 is 1.47 bits per heavy atom. The van der Waals surface area contributed by atoms with Crippen LogP contribution in [-0.4, -0.2) is 138 Å². The van der Waals surface area contributed by atoms with Gasteiger partial charge < -0.3 is 52.1 Å². The van der Waals surface area contributed by atoms with Gasteiger partial charge in [0.05, 0.1) is 24.2 Å². The monoisotopic (exact) mass is 967 g/mol. The molecule has 3 aromatic carbocycles. The van der Waals surface area contributed by atoms with Crippen LogP contribution in [0.1, 0.15) is 112 Å². The highest BCUT2D eigenvalue weighted by Gasteiger charge is 2.45. The van der Waals surface area contributed by atoms with Gasteiger partial charge in [0, 0.05) is 42.3 Å². The average Bonchev–Trinajstić information content (AvgIpc) is 3.98. The summed E-state index contributed by atoms with van der Waals surface area (Å²) in [5.74, 6) is -3.65. The zero-order chi connectivity index (χ0) is 51.4. The van der Waals surface area contributed by atoms with Gasteiger partial charge in [0.2, 0.25) is 29.5 Å². The predicted octanol–water partition coefficient (Wildman–Crippen LogP) is 2.13. The fourth-order valence-corrected chi connectivity index (χ4v) is 8.84. The number of nitrogens with one attached hydrogen (secondary N) is 8. The van der Waals surface area contributed by atoms with E-state index >= 15 is 0 Å². The minimum absolute atomic E-state index is 0.0119. The Morgan fingerprint density at radius 1 is 0.557 bits per heavy atom. The summed E-state index contributed by atoms with van der Waals surface area (Å²) in [4.78, 5) is 99.6. The number of likely N-dealkylation sites (tertiary alicyclic amines) is 2. The van der Waals surface area contributed by atoms with Crippen LogP contribution in [-0.2, 0) is 24.0 Å². The molecular weight excluding hydrogens is 893 g/mol. The molecule has 0 radical (unpaired) electrons. The minimum atomic E-state index is -1.20. The second-order valence-corrected chi connectivity index (χ2v) is 19.3. The number of rotatable bonds is 21. The number of amides is 7. The molecule has 5 rings (SSSR count). The van der Waals surface area contributed by atoms with Crippen molar-refractivity contribution >= 4 is 41.4 Å². The Bertz CT molecular complexity index is 2280. The fraction of sp³-hybridized carbons (Fsp3) is 0.519. The first-order chi connectivity index (χ1) is 33.2. The maximum Gasteiger partial charge on any atom is 0.251 e. The van der Waals surface area contributed by atoms with Crippen LogP contribution in [0, 0.1) is 11.8 Å². The molecule has 7 amide bonds. The standard InChI is InChI=1S/C52H74N10O8/c1-29(2)43(59-45(63)33(7)53-9)51(69)61-27-39(25-41(61)49(67)55-31(5)35-18-13-11-14-19-35)57-47(65)37-22-17-23-38(24-37)48(66)58-40-26-42(50(68)56-32(6)36-20-15-12-16-21-36)62(28-40)52(70)44(30(3)4)60-46(64)34(8)54-10/h11-24,29-34,39-44,49,53-55,67H,25-28H2,1-10H3,(H,56,68)(H,57,65)(H,58,66)(H,59,63)(H,60,64)/t31-,32-,33+,34+,39+,40+,41+,42+,43+,44+,49?/m1/s1. The van der Waals surface area contributed by atoms with E-state index < -0.39 is 84.1 Å². The van der Waals surface area contributed by atoms with Gasteiger partial charge in [-0.1, -0.05) is 94.4 Å². The molecule has 9 N–H and O–H groups in total. The third kappa shape index (κ3) is 14.0. The number of benzene rings is 3. The largest absolute Gasteiger partial charge is 0.376 e. The molecule has 2 saturated heterocycles. The highest BCUT2D eigenvalue weighted by molar-refractivity contribution is 6.00. The number of aliphatic hydroxyl groups excluding tert-OH is 1. The molecule has 18 heteroatoms. The van der Waals surface area contributed by atoms with E-state index in [1.165, 1.54) is 15.9 Å². The molecule has 11 atom stereocenters. The van der Waals surface area contributed by atoms with Crippen LogP contribution < -0.4 is 42.5 Å². The molecule has 1 unspecified atom stereocenters. The van der Waals surface area contributed by atoms with E-state index in [1.807, 2.05) is 102 Å². The van der Waals surface area contributed by atoms with Crippen molar-refractivity contribution in [2.24, 2.45) is 11.8 Å². The average molecular weight is 967 g/mol. The first-order valence-corrected chi connectivity index (χ1v) is 24.4. The lowest BCUT2D eigenvalue weighted by Gasteiger charge is -2.34. The molecule has 2 aliphatic heterocycles. The van der Waals surface area contributed by atoms with E-state index in [-0.39, 0.29) is 72.8 Å². The van der Waals surface area contributed by atoms with Gasteiger partial charge in [0.15, 0.2) is 0 Å². The van der Waals surface area contributed by atoms with Crippen molar-refractivity contribution in [3.8, 4) is 0 Å². The molecule has 2 fully saturated rings. The smallest absolute Gasteiger partial charge is 0.251 e. The van der Waals surface area contributed by atoms with Gasteiger partial charge in [-0.3, -0.25) is 38.9 Å². The number of carbonyl (C=O) groups is 7. The molecule has 0 bridgehead atoms. The summed E-state index contributed by atoms with van der Waals surface area (Å²) in [6.07, 6.45) is -0.926. The third-order valence-electron chi connectivity index (χ3n) is 13.4. The molecule has 3 aromatic rings. The molecule has 0 aliphatic carbocycles. The van der Waals surface area contributed by atoms with E-state index in [2.05, 4.69) is 42.5 Å². The molecule has 0 saturated carbocycles. The SMILES string of the molecule is CN[C@@H](C)C(=O)N[C@H](C(=O)N1C[C@@H](NC(=O)c2cccc(C(=O)N[C@H]3C[C@@H](C(O)N[C@H](C)c4ccccc4)N(C(=O)[C@@H](NC(=O)[C@H](C)NC)C(C)C)C3)c2)C[C@H]1C(=O)N[C@H](C)c1ccccc1)C(C)C. The van der Waals surface area contributed by atoms with Crippen molar-refractivity contribution in [2.45, 2.75) is 135 Å². The number of hydrogen-bond donors (Lipinski definition) is 9. The lowest BCUT2D eigenvalue weighted by atomic mass is 10.0. The summed E-state index contributed by atoms with van der Waals surface area (Å²) in [7, 11) is 3.29. The molecule has 18 nitrogen and oxygen atoms in total. The highest BCUT2D eigenvalue weighted by Crippen LogP contribution is 2.27. The van der Waals surface area contributed by atoms with Crippen molar-refractivity contribution in [1.29, 1.82) is 0 Å². The zero-order valence-electron chi connectivity index (χ0n) is 42.1. The lowest BCUT2D eigenvalue weighted by Crippen LogP contribution is -2.58. The Balaban J connectivity index is 1.33. The molecule has 2 heterocycles. The molecule has 380 valence electrons. The lowest BCUT2D eigenvalue weighted by molar-refractivity contribution is -0.142. The van der Waals surface area contributed by atoms with Crippen molar-refractivity contribution in [1.82, 2.24) is 52.3 Å². The van der Waals surface area contributed by atoms with Crippen LogP contribution in [0.4, 0.5) is 0 Å². The molecule has 70 heavy (non-hydrogen) atoms. The Kier molecular flexibility index (Phi) is 19.6. The zero-order valence-corrected chi connectivity index (χ0v) is 42.1. The summed E-state index contributed by atoms with van der Waals surface area (Å²) in [6, 6.07) is 18.4. The van der Waals surface area contributed by atoms with E-state index in [0.29, 0.717) is 0 Å². The first-order valence-electron chi connectivity index (χ1n) is 24.4. The summed E-state index contributed by atoms with van der Waals surface area (Å²) in [6.45, 7) is 14.4. The number of likely N-dealkylation sites (N-methyl/N-ethyl adjacent to an activating group) is 2. The summed E-state index contributed by atoms with van der Waals surface area (Å²) in [5.41, 5.74) is 2.12. The van der Waals surface area contributed by atoms with E-state index in [9.17, 15) is 38.7 Å². The van der Waals surface area contributed by atoms with Crippen LogP contribution in [0.15, 0.2) is 84.9 Å². The quantitative estimate of drug-likeness (QED) is 0.0701. The maximum absolute atomic E-state index is 14.4. The summed E-state index contributed by atoms with van der Waals surface area (Å²) >= 11 is 0. The number of aliphatic hydroxyl groups is 1. The highest BCUT2D eigenvalue weighted by atomic mass is 16.3. The van der Waals surface area contributed by atoms with E-state index in [1.54, 1.807) is 46.1 Å². The number of carbonyl (C=O) groups excluding carboxylic acids is 7. The minimum Gasteiger partial charge on any atom is -0.376 e. The van der Waals surface area contributed by atoms with Gasteiger partial charge >= 0.3 is 0 Å². The second-order valence-electron chi connectivity index (χ2n) is 19.3. The van der Waals surface area contributed by atoms with Crippen molar-refractivity contribution in [3.05, 3.63) is 107 Å². The van der Waals surface area contributed by atoms with Crippen LogP contribution in [0.3, 0.4) is 0 Å². The molecule has 0 spiro atoms. The number of nitrogens with zero attached hydrogens (tertiary/aromatic N) is 2. The molecular formula is C52H74N10O8. The third-order valence-corrected chi connectivity index (χ3v) is 13.4. The summed E-state index contributed by atoms with van der Waals surface area (Å²) in [5, 5.41) is 35.4. The van der Waals surface area contributed by atoms with Crippen LogP contribution in [0.5, 0.6) is 0 Å². The van der Waals surface area contributed by atoms with Crippen LogP contribution >= 0.6 is 0 Å². The van der Waals surface area contributed by atoms with E-state index in [4.69, 9.17) is 0 Å². The topological polar surface area (TPSA) is 242 Å². The molecule has 0 aromatic heterocycles. The Labute approximate surface area is 412 Å². The van der Waals surface area contributed by atoms with Crippen molar-refractivity contribution in [3.63, 3.8) is 0 Å². The van der Waals surface area contributed by atoms with Gasteiger partial charge in [0.1, 0.15) is 24.4 Å². The van der Waals surface area contributed by atoms with E-state index in [0.717, 1.165) is 11.1 Å². The van der Waals surface area contributed by atoms with Gasteiger partial charge in [-0.15, -0.1) is 0 Å². The fourth-order valence-electron chi connectivity index (χ4n) is 8.84. The predicted molar refractivity (Wildman–Crippen MR) is 267 cm³/mol. The first kappa shape index (κ1) is 54.7. The number of hydrogen-bond acceptors (Lipinski definition) is 11. The van der Waals surface area contributed by atoms with Gasteiger partial charge in [0.25, 0.3) is 11.8 Å². The van der Waals surface area contributed by atoms with Crippen LogP contribution in [0.25, 0.3) is 0 Å². The second kappa shape index (κ2) is 25.1. The maximum atomic E-state index is 14.4. The summed E-state index contributed by atoms with van der Waals surface area (Å²) < 4.78 is 0. The van der Waals surface area contributed by atoms with Crippen molar-refractivity contribution < 1.29 is 38.7 Å². The Hall–Kier alpha value is -6.21. The van der Waals surface area contributed by atoms with Gasteiger partial charge in [-0.05, 0) is 95.8 Å². The van der Waals surface area contributed by atoms with Gasteiger partial charge in [-0.25, -0.2) is 0 Å². The Morgan fingerprint density at radius 2 is 1.00 bits per heavy atom. The van der Waals surface area contributed by atoms with Crippen LogP contribution in [0.2, 0.25) is 0 Å². The normalized spacial score (nSPS) is 20.9.